The molecule has 1 N–H and O–H groups in total. The van der Waals surface area contributed by atoms with E-state index in [0.29, 0.717) is 43.2 Å². The summed E-state index contributed by atoms with van der Waals surface area (Å²) in [5.74, 6) is 0.445. The van der Waals surface area contributed by atoms with Crippen molar-refractivity contribution in [3.8, 4) is 6.07 Å². The van der Waals surface area contributed by atoms with Gasteiger partial charge in [0.05, 0.1) is 16.6 Å². The molecule has 4 rings (SSSR count). The standard InChI is InChI=1S/C23H20N6O3/c24-16-17-8-9-25-22(14-17)27-10-12-28(13-11-27)23(30)18-6-7-20(21(15-18)29(31)32)26-19-4-2-1-3-5-19/h1-9,14-15,26H,10-13H2. The number of nitrogens with zero attached hydrogens (tertiary/aromatic N) is 5. The van der Waals surface area contributed by atoms with Crippen LogP contribution >= 0.6 is 0 Å². The predicted octanol–water partition coefficient (Wildman–Crippen LogP) is 3.57. The summed E-state index contributed by atoms with van der Waals surface area (Å²) >= 11 is 0. The number of nitriles is 1. The fourth-order valence-electron chi connectivity index (χ4n) is 3.58. The summed E-state index contributed by atoms with van der Waals surface area (Å²) in [5.41, 5.74) is 1.69. The van der Waals surface area contributed by atoms with E-state index in [4.69, 9.17) is 5.26 Å². The van der Waals surface area contributed by atoms with E-state index in [0.717, 1.165) is 5.69 Å². The van der Waals surface area contributed by atoms with E-state index in [1.807, 2.05) is 35.2 Å². The lowest BCUT2D eigenvalue weighted by Gasteiger charge is -2.35. The first kappa shape index (κ1) is 20.8. The number of hydrogen-bond donors (Lipinski definition) is 1. The number of carbonyl (C=O) groups is 1. The van der Waals surface area contributed by atoms with Crippen molar-refractivity contribution < 1.29 is 9.72 Å². The Morgan fingerprint density at radius 3 is 2.50 bits per heavy atom. The summed E-state index contributed by atoms with van der Waals surface area (Å²) in [6.07, 6.45) is 1.59. The first-order valence-electron chi connectivity index (χ1n) is 10.1. The molecule has 1 aliphatic rings. The Balaban J connectivity index is 1.47. The van der Waals surface area contributed by atoms with Gasteiger partial charge in [-0.25, -0.2) is 4.98 Å². The molecule has 0 aliphatic carbocycles. The van der Waals surface area contributed by atoms with E-state index in [2.05, 4.69) is 16.4 Å². The van der Waals surface area contributed by atoms with Crippen LogP contribution in [-0.4, -0.2) is 46.9 Å². The van der Waals surface area contributed by atoms with Gasteiger partial charge in [-0.15, -0.1) is 0 Å². The third-order valence-electron chi connectivity index (χ3n) is 5.26. The van der Waals surface area contributed by atoms with Crippen LogP contribution in [0.25, 0.3) is 0 Å². The molecule has 1 fully saturated rings. The molecule has 160 valence electrons. The fraction of sp³-hybridized carbons (Fsp3) is 0.174. The van der Waals surface area contributed by atoms with Gasteiger partial charge in [-0.2, -0.15) is 5.26 Å². The molecule has 1 saturated heterocycles. The zero-order valence-electron chi connectivity index (χ0n) is 17.1. The van der Waals surface area contributed by atoms with Crippen molar-refractivity contribution in [3.63, 3.8) is 0 Å². The van der Waals surface area contributed by atoms with E-state index < -0.39 is 4.92 Å². The summed E-state index contributed by atoms with van der Waals surface area (Å²) in [7, 11) is 0. The van der Waals surface area contributed by atoms with Crippen LogP contribution in [0, 0.1) is 21.4 Å². The first-order valence-corrected chi connectivity index (χ1v) is 10.1. The molecule has 1 aromatic heterocycles. The monoisotopic (exact) mass is 428 g/mol. The molecular formula is C23H20N6O3. The van der Waals surface area contributed by atoms with Gasteiger partial charge in [0.25, 0.3) is 11.6 Å². The molecule has 0 bridgehead atoms. The number of carbonyl (C=O) groups excluding carboxylic acids is 1. The molecule has 32 heavy (non-hydrogen) atoms. The second-order valence-electron chi connectivity index (χ2n) is 7.27. The minimum Gasteiger partial charge on any atom is -0.353 e. The van der Waals surface area contributed by atoms with Crippen molar-refractivity contribution in [1.82, 2.24) is 9.88 Å². The van der Waals surface area contributed by atoms with Crippen molar-refractivity contribution in [3.05, 3.63) is 88.1 Å². The number of aromatic nitrogens is 1. The number of rotatable bonds is 5. The molecule has 0 spiro atoms. The highest BCUT2D eigenvalue weighted by atomic mass is 16.6. The van der Waals surface area contributed by atoms with Crippen molar-refractivity contribution in [2.24, 2.45) is 0 Å². The predicted molar refractivity (Wildman–Crippen MR) is 120 cm³/mol. The average Bonchev–Trinajstić information content (AvgIpc) is 2.84. The molecule has 0 radical (unpaired) electrons. The lowest BCUT2D eigenvalue weighted by Crippen LogP contribution is -2.49. The maximum Gasteiger partial charge on any atom is 0.293 e. The maximum absolute atomic E-state index is 13.0. The quantitative estimate of drug-likeness (QED) is 0.488. The molecule has 0 saturated carbocycles. The minimum absolute atomic E-state index is 0.157. The van der Waals surface area contributed by atoms with Gasteiger partial charge in [-0.3, -0.25) is 14.9 Å². The largest absolute Gasteiger partial charge is 0.353 e. The average molecular weight is 428 g/mol. The molecule has 9 heteroatoms. The van der Waals surface area contributed by atoms with E-state index >= 15 is 0 Å². The van der Waals surface area contributed by atoms with E-state index in [1.54, 1.807) is 35.4 Å². The summed E-state index contributed by atoms with van der Waals surface area (Å²) < 4.78 is 0. The molecule has 2 heterocycles. The van der Waals surface area contributed by atoms with Gasteiger partial charge in [0.1, 0.15) is 11.5 Å². The molecule has 0 unspecified atom stereocenters. The van der Waals surface area contributed by atoms with Crippen molar-refractivity contribution in [2.45, 2.75) is 0 Å². The van der Waals surface area contributed by atoms with Crippen LogP contribution in [0.15, 0.2) is 66.9 Å². The van der Waals surface area contributed by atoms with E-state index in [9.17, 15) is 14.9 Å². The van der Waals surface area contributed by atoms with Gasteiger partial charge >= 0.3 is 0 Å². The van der Waals surface area contributed by atoms with Gasteiger partial charge < -0.3 is 15.1 Å². The Morgan fingerprint density at radius 2 is 1.81 bits per heavy atom. The second-order valence-corrected chi connectivity index (χ2v) is 7.27. The zero-order valence-corrected chi connectivity index (χ0v) is 17.1. The van der Waals surface area contributed by atoms with Gasteiger partial charge in [0.15, 0.2) is 0 Å². The maximum atomic E-state index is 13.0. The Bertz CT molecular complexity index is 1180. The van der Waals surface area contributed by atoms with Crippen molar-refractivity contribution >= 4 is 28.8 Å². The summed E-state index contributed by atoms with van der Waals surface area (Å²) in [5, 5.41) is 23.7. The topological polar surface area (TPSA) is 115 Å². The summed E-state index contributed by atoms with van der Waals surface area (Å²) in [6, 6.07) is 19.1. The van der Waals surface area contributed by atoms with Gasteiger partial charge in [0.2, 0.25) is 0 Å². The number of nitro benzene ring substituents is 1. The number of amides is 1. The minimum atomic E-state index is -0.492. The van der Waals surface area contributed by atoms with Crippen LogP contribution in [0.5, 0.6) is 0 Å². The number of para-hydroxylation sites is 1. The summed E-state index contributed by atoms with van der Waals surface area (Å²) in [4.78, 5) is 32.1. The van der Waals surface area contributed by atoms with Crippen LogP contribution in [0.3, 0.4) is 0 Å². The first-order chi connectivity index (χ1) is 15.5. The fourth-order valence-corrected chi connectivity index (χ4v) is 3.58. The van der Waals surface area contributed by atoms with Gasteiger partial charge in [-0.05, 0) is 36.4 Å². The zero-order chi connectivity index (χ0) is 22.5. The summed E-state index contributed by atoms with van der Waals surface area (Å²) in [6.45, 7) is 2.02. The Hall–Kier alpha value is -4.45. The molecule has 0 atom stereocenters. The smallest absolute Gasteiger partial charge is 0.293 e. The van der Waals surface area contributed by atoms with E-state index in [-0.39, 0.29) is 17.2 Å². The molecule has 1 amide bonds. The third-order valence-corrected chi connectivity index (χ3v) is 5.26. The van der Waals surface area contributed by atoms with Crippen LogP contribution in [0.4, 0.5) is 22.9 Å². The van der Waals surface area contributed by atoms with Gasteiger partial charge in [-0.1, -0.05) is 18.2 Å². The molecule has 2 aromatic carbocycles. The number of piperazine rings is 1. The lowest BCUT2D eigenvalue weighted by molar-refractivity contribution is -0.383. The molecular weight excluding hydrogens is 408 g/mol. The van der Waals surface area contributed by atoms with Crippen LogP contribution in [-0.2, 0) is 0 Å². The van der Waals surface area contributed by atoms with Crippen molar-refractivity contribution in [2.75, 3.05) is 36.4 Å². The lowest BCUT2D eigenvalue weighted by atomic mass is 10.1. The molecule has 3 aromatic rings. The number of nitrogens with one attached hydrogen (secondary N) is 1. The van der Waals surface area contributed by atoms with Crippen LogP contribution in [0.2, 0.25) is 0 Å². The van der Waals surface area contributed by atoms with Crippen LogP contribution in [0.1, 0.15) is 15.9 Å². The molecule has 1 aliphatic heterocycles. The van der Waals surface area contributed by atoms with Crippen molar-refractivity contribution in [1.29, 1.82) is 5.26 Å². The number of benzene rings is 2. The van der Waals surface area contributed by atoms with Gasteiger partial charge in [0, 0.05) is 49.7 Å². The highest BCUT2D eigenvalue weighted by molar-refractivity contribution is 5.96. The molecule has 9 nitrogen and oxygen atoms in total. The number of pyridine rings is 1. The number of anilines is 3. The Morgan fingerprint density at radius 1 is 1.06 bits per heavy atom. The van der Waals surface area contributed by atoms with E-state index in [1.165, 1.54) is 6.07 Å². The SMILES string of the molecule is N#Cc1ccnc(N2CCN(C(=O)c3ccc(Nc4ccccc4)c([N+](=O)[O-])c3)CC2)c1. The Labute approximate surface area is 184 Å². The second kappa shape index (κ2) is 9.14. The highest BCUT2D eigenvalue weighted by Crippen LogP contribution is 2.29. The normalized spacial score (nSPS) is 13.3. The van der Waals surface area contributed by atoms with Crippen LogP contribution < -0.4 is 10.2 Å². The third kappa shape index (κ3) is 4.49. The Kier molecular flexibility index (Phi) is 5.94. The number of nitro groups is 1. The highest BCUT2D eigenvalue weighted by Gasteiger charge is 2.25. The number of hydrogen-bond acceptors (Lipinski definition) is 7.